The van der Waals surface area contributed by atoms with Crippen molar-refractivity contribution in [1.29, 1.82) is 5.41 Å². The number of rotatable bonds is 3. The summed E-state index contributed by atoms with van der Waals surface area (Å²) in [7, 11) is 1.55. The van der Waals surface area contributed by atoms with Crippen LogP contribution in [0.2, 0.25) is 0 Å². The number of aromatic nitrogens is 1. The van der Waals surface area contributed by atoms with Crippen molar-refractivity contribution in [2.45, 2.75) is 32.2 Å². The van der Waals surface area contributed by atoms with Gasteiger partial charge in [-0.15, -0.1) is 17.3 Å². The number of Topliss-reactive ketones (excluding diaryl/α,β-unsaturated/α-hetero) is 1. The fourth-order valence-electron chi connectivity index (χ4n) is 2.89. The molecular weight excluding hydrogens is 336 g/mol. The summed E-state index contributed by atoms with van der Waals surface area (Å²) >= 11 is 1.41. The van der Waals surface area contributed by atoms with Crippen molar-refractivity contribution in [3.05, 3.63) is 28.8 Å². The maximum absolute atomic E-state index is 12.9. The van der Waals surface area contributed by atoms with Gasteiger partial charge in [0.05, 0.1) is 12.0 Å². The Morgan fingerprint density at radius 3 is 3.00 bits per heavy atom. The lowest BCUT2D eigenvalue weighted by Crippen LogP contribution is -2.60. The zero-order chi connectivity index (χ0) is 18.2. The Morgan fingerprint density at radius 1 is 1.56 bits per heavy atom. The summed E-state index contributed by atoms with van der Waals surface area (Å²) in [6, 6.07) is 1.88. The number of guanidine groups is 1. The average Bonchev–Trinajstić information content (AvgIpc) is 2.96. The number of hydrogen-bond acceptors (Lipinski definition) is 5. The lowest BCUT2D eigenvalue weighted by molar-refractivity contribution is -0.129. The molecule has 7 heteroatoms. The van der Waals surface area contributed by atoms with Gasteiger partial charge in [0, 0.05) is 41.6 Å². The molecule has 0 saturated carbocycles. The van der Waals surface area contributed by atoms with Gasteiger partial charge in [0.15, 0.2) is 11.7 Å². The summed E-state index contributed by atoms with van der Waals surface area (Å²) in [6.07, 6.45) is 2.00. The number of pyridine rings is 1. The second-order valence-electron chi connectivity index (χ2n) is 6.36. The van der Waals surface area contributed by atoms with Crippen LogP contribution in [0, 0.1) is 17.3 Å². The number of fused-ring (bicyclic) bond motifs is 1. The van der Waals surface area contributed by atoms with E-state index < -0.39 is 5.54 Å². The topological polar surface area (TPSA) is 86.2 Å². The Balaban J connectivity index is 1.89. The second kappa shape index (κ2) is 6.30. The summed E-state index contributed by atoms with van der Waals surface area (Å²) in [5, 5.41) is 13.4. The van der Waals surface area contributed by atoms with Crippen molar-refractivity contribution in [2.75, 3.05) is 7.05 Å². The van der Waals surface area contributed by atoms with Crippen molar-refractivity contribution in [3.8, 4) is 11.8 Å². The van der Waals surface area contributed by atoms with Gasteiger partial charge in [-0.2, -0.15) is 0 Å². The van der Waals surface area contributed by atoms with E-state index in [1.165, 1.54) is 16.2 Å². The number of thiophene rings is 1. The van der Waals surface area contributed by atoms with Crippen molar-refractivity contribution in [3.63, 3.8) is 0 Å². The molecule has 2 aromatic rings. The molecule has 0 bridgehead atoms. The lowest BCUT2D eigenvalue weighted by atomic mass is 9.87. The van der Waals surface area contributed by atoms with E-state index in [1.54, 1.807) is 32.5 Å². The Bertz CT molecular complexity index is 933. The molecule has 2 aromatic heterocycles. The molecule has 128 valence electrons. The first-order valence-electron chi connectivity index (χ1n) is 7.79. The molecule has 1 fully saturated rings. The van der Waals surface area contributed by atoms with Gasteiger partial charge in [0.1, 0.15) is 4.83 Å². The Hall–Kier alpha value is -2.72. The normalized spacial score (nSPS) is 20.2. The number of nitrogens with one attached hydrogen (secondary N) is 2. The van der Waals surface area contributed by atoms with Gasteiger partial charge in [-0.1, -0.05) is 5.92 Å². The van der Waals surface area contributed by atoms with E-state index in [4.69, 9.17) is 5.41 Å². The molecule has 1 atom stereocenters. The van der Waals surface area contributed by atoms with Crippen LogP contribution in [0.25, 0.3) is 10.2 Å². The highest BCUT2D eigenvalue weighted by atomic mass is 32.1. The molecule has 6 nitrogen and oxygen atoms in total. The summed E-state index contributed by atoms with van der Waals surface area (Å²) in [5.41, 5.74) is 0.594. The molecule has 1 aliphatic rings. The molecule has 1 aliphatic heterocycles. The summed E-state index contributed by atoms with van der Waals surface area (Å²) < 4.78 is 0. The molecule has 3 rings (SSSR count). The SMILES string of the molecule is CC#Cc1cnc2scc(C(=O)CC3(C)CC(=O)N(C)C(=N)N3)c2c1. The van der Waals surface area contributed by atoms with E-state index in [-0.39, 0.29) is 30.5 Å². The first-order valence-corrected chi connectivity index (χ1v) is 8.67. The first-order chi connectivity index (χ1) is 11.8. The molecule has 0 aromatic carbocycles. The minimum Gasteiger partial charge on any atom is -0.350 e. The Kier molecular flexibility index (Phi) is 4.31. The van der Waals surface area contributed by atoms with Gasteiger partial charge < -0.3 is 5.32 Å². The minimum atomic E-state index is -0.764. The van der Waals surface area contributed by atoms with Crippen molar-refractivity contribution in [2.24, 2.45) is 0 Å². The maximum Gasteiger partial charge on any atom is 0.231 e. The third kappa shape index (κ3) is 3.26. The van der Waals surface area contributed by atoms with E-state index in [1.807, 2.05) is 6.07 Å². The minimum absolute atomic E-state index is 0.0175. The standard InChI is InChI=1S/C18H18N4O2S/c1-4-5-11-6-12-13(10-25-16(12)20-9-11)14(23)7-18(2)8-15(24)22(3)17(19)21-18/h6,9-10H,7-8H2,1-3H3,(H2,19,21). The second-order valence-corrected chi connectivity index (χ2v) is 7.22. The predicted molar refractivity (Wildman–Crippen MR) is 97.8 cm³/mol. The van der Waals surface area contributed by atoms with Gasteiger partial charge >= 0.3 is 0 Å². The van der Waals surface area contributed by atoms with Crippen LogP contribution in [0.5, 0.6) is 0 Å². The summed E-state index contributed by atoms with van der Waals surface area (Å²) in [4.78, 5) is 31.3. The third-order valence-electron chi connectivity index (χ3n) is 4.22. The van der Waals surface area contributed by atoms with Gasteiger partial charge in [-0.25, -0.2) is 4.98 Å². The molecule has 0 radical (unpaired) electrons. The van der Waals surface area contributed by atoms with Crippen LogP contribution in [0.15, 0.2) is 17.6 Å². The number of ketones is 1. The fraction of sp³-hybridized carbons (Fsp3) is 0.333. The number of nitrogens with zero attached hydrogens (tertiary/aromatic N) is 2. The van der Waals surface area contributed by atoms with Crippen LogP contribution in [-0.2, 0) is 4.79 Å². The molecule has 1 unspecified atom stereocenters. The highest BCUT2D eigenvalue weighted by Crippen LogP contribution is 2.29. The summed E-state index contributed by atoms with van der Waals surface area (Å²) in [5.74, 6) is 5.55. The maximum atomic E-state index is 12.9. The predicted octanol–water partition coefficient (Wildman–Crippen LogP) is 2.39. The molecule has 3 heterocycles. The smallest absolute Gasteiger partial charge is 0.231 e. The van der Waals surface area contributed by atoms with Crippen LogP contribution in [0.1, 0.15) is 42.6 Å². The first kappa shape index (κ1) is 17.1. The number of amides is 1. The van der Waals surface area contributed by atoms with E-state index in [0.29, 0.717) is 5.56 Å². The molecule has 1 saturated heterocycles. The van der Waals surface area contributed by atoms with Crippen LogP contribution in [-0.4, -0.2) is 40.1 Å². The zero-order valence-corrected chi connectivity index (χ0v) is 15.1. The molecule has 2 N–H and O–H groups in total. The van der Waals surface area contributed by atoms with Crippen molar-refractivity contribution >= 4 is 39.2 Å². The zero-order valence-electron chi connectivity index (χ0n) is 14.3. The third-order valence-corrected chi connectivity index (χ3v) is 5.12. The van der Waals surface area contributed by atoms with E-state index in [2.05, 4.69) is 22.1 Å². The monoisotopic (exact) mass is 354 g/mol. The average molecular weight is 354 g/mol. The number of carbonyl (C=O) groups is 2. The molecule has 25 heavy (non-hydrogen) atoms. The van der Waals surface area contributed by atoms with Gasteiger partial charge in [0.25, 0.3) is 0 Å². The quantitative estimate of drug-likeness (QED) is 0.654. The lowest BCUT2D eigenvalue weighted by Gasteiger charge is -2.38. The van der Waals surface area contributed by atoms with Crippen molar-refractivity contribution in [1.82, 2.24) is 15.2 Å². The summed E-state index contributed by atoms with van der Waals surface area (Å²) in [6.45, 7) is 3.55. The van der Waals surface area contributed by atoms with Crippen LogP contribution in [0.3, 0.4) is 0 Å². The van der Waals surface area contributed by atoms with Crippen LogP contribution in [0.4, 0.5) is 0 Å². The number of hydrogen-bond donors (Lipinski definition) is 2. The van der Waals surface area contributed by atoms with Crippen molar-refractivity contribution < 1.29 is 9.59 Å². The van der Waals surface area contributed by atoms with Crippen LogP contribution >= 0.6 is 11.3 Å². The largest absolute Gasteiger partial charge is 0.350 e. The van der Waals surface area contributed by atoms with Gasteiger partial charge in [0.2, 0.25) is 5.91 Å². The van der Waals surface area contributed by atoms with Crippen LogP contribution < -0.4 is 5.32 Å². The Labute approximate surface area is 149 Å². The Morgan fingerprint density at radius 2 is 2.32 bits per heavy atom. The highest BCUT2D eigenvalue weighted by molar-refractivity contribution is 7.17. The molecule has 0 aliphatic carbocycles. The fourth-order valence-corrected chi connectivity index (χ4v) is 3.79. The van der Waals surface area contributed by atoms with Gasteiger partial charge in [-0.05, 0) is 19.9 Å². The van der Waals surface area contributed by atoms with Gasteiger partial charge in [-0.3, -0.25) is 19.9 Å². The molecule has 1 amide bonds. The molecule has 0 spiro atoms. The molecular formula is C18H18N4O2S. The number of carbonyl (C=O) groups excluding carboxylic acids is 2. The van der Waals surface area contributed by atoms with E-state index in [0.717, 1.165) is 15.8 Å². The highest BCUT2D eigenvalue weighted by Gasteiger charge is 2.38. The van der Waals surface area contributed by atoms with E-state index in [9.17, 15) is 9.59 Å². The van der Waals surface area contributed by atoms with E-state index >= 15 is 0 Å².